The van der Waals surface area contributed by atoms with E-state index < -0.39 is 0 Å². The number of fused-ring (bicyclic) bond motifs is 1. The van der Waals surface area contributed by atoms with Crippen molar-refractivity contribution in [2.24, 2.45) is 5.41 Å². The predicted octanol–water partition coefficient (Wildman–Crippen LogP) is 5.74. The Morgan fingerprint density at radius 1 is 0.895 bits per heavy atom. The average Bonchev–Trinajstić information content (AvgIpc) is 3.33. The Kier molecular flexibility index (Phi) is 7.10. The minimum absolute atomic E-state index is 0.182. The summed E-state index contributed by atoms with van der Waals surface area (Å²) in [6.07, 6.45) is 3.90. The summed E-state index contributed by atoms with van der Waals surface area (Å²) >= 11 is 0. The van der Waals surface area contributed by atoms with Gasteiger partial charge in [0.1, 0.15) is 12.4 Å². The first kappa shape index (κ1) is 24.6. The van der Waals surface area contributed by atoms with Crippen LogP contribution >= 0.6 is 0 Å². The molecule has 4 aromatic rings. The van der Waals surface area contributed by atoms with Crippen LogP contribution in [0.4, 0.5) is 0 Å². The second-order valence-corrected chi connectivity index (χ2v) is 11.0. The van der Waals surface area contributed by atoms with Crippen LogP contribution in [-0.4, -0.2) is 42.0 Å². The van der Waals surface area contributed by atoms with Crippen molar-refractivity contribution < 1.29 is 9.53 Å². The van der Waals surface area contributed by atoms with E-state index in [1.165, 1.54) is 11.1 Å². The third kappa shape index (κ3) is 5.73. The van der Waals surface area contributed by atoms with Gasteiger partial charge in [-0.3, -0.25) is 4.79 Å². The Morgan fingerprint density at radius 3 is 2.42 bits per heavy atom. The van der Waals surface area contributed by atoms with Gasteiger partial charge in [-0.05, 0) is 73.2 Å². The number of hydrogen-bond donors (Lipinski definition) is 1. The molecule has 194 valence electrons. The molecule has 1 amide bonds. The van der Waals surface area contributed by atoms with Gasteiger partial charge in [0, 0.05) is 30.8 Å². The number of ether oxygens (including phenoxy) is 1. The molecule has 5 heteroatoms. The number of benzene rings is 3. The molecule has 5 nitrogen and oxygen atoms in total. The number of para-hydroxylation sites is 1. The van der Waals surface area contributed by atoms with E-state index in [4.69, 9.17) is 9.72 Å². The van der Waals surface area contributed by atoms with Gasteiger partial charge in [0.15, 0.2) is 0 Å². The molecule has 3 aromatic carbocycles. The molecule has 1 spiro atoms. The first-order valence-electron chi connectivity index (χ1n) is 13.7. The number of carbonyl (C=O) groups is 1. The molecule has 0 radical (unpaired) electrons. The highest BCUT2D eigenvalue weighted by Gasteiger charge is 2.41. The van der Waals surface area contributed by atoms with Gasteiger partial charge in [-0.2, -0.15) is 0 Å². The first-order valence-corrected chi connectivity index (χ1v) is 13.7. The van der Waals surface area contributed by atoms with Crippen LogP contribution in [0, 0.1) is 5.41 Å². The molecule has 2 aliphatic heterocycles. The summed E-state index contributed by atoms with van der Waals surface area (Å²) in [6.45, 7) is 4.43. The topological polar surface area (TPSA) is 54.5 Å². The van der Waals surface area contributed by atoms with Gasteiger partial charge in [-0.1, -0.05) is 66.7 Å². The second-order valence-electron chi connectivity index (χ2n) is 11.0. The summed E-state index contributed by atoms with van der Waals surface area (Å²) in [5, 5.41) is 4.20. The third-order valence-electron chi connectivity index (χ3n) is 8.31. The fraction of sp³-hybridized carbons (Fsp3) is 0.333. The van der Waals surface area contributed by atoms with Crippen molar-refractivity contribution >= 4 is 16.8 Å². The lowest BCUT2D eigenvalue weighted by Crippen LogP contribution is -2.42. The molecular weight excluding hydrogens is 470 g/mol. The van der Waals surface area contributed by atoms with Gasteiger partial charge in [0.05, 0.1) is 11.2 Å². The lowest BCUT2D eigenvalue weighted by Gasteiger charge is -2.39. The first-order chi connectivity index (χ1) is 18.6. The average molecular weight is 506 g/mol. The zero-order chi connectivity index (χ0) is 25.8. The van der Waals surface area contributed by atoms with E-state index >= 15 is 0 Å². The van der Waals surface area contributed by atoms with Gasteiger partial charge < -0.3 is 15.0 Å². The number of likely N-dealkylation sites (tertiary alicyclic amines) is 1. The Morgan fingerprint density at radius 2 is 1.66 bits per heavy atom. The van der Waals surface area contributed by atoms with Gasteiger partial charge >= 0.3 is 0 Å². The van der Waals surface area contributed by atoms with E-state index in [-0.39, 0.29) is 11.3 Å². The number of nitrogens with zero attached hydrogens (tertiary/aromatic N) is 2. The summed E-state index contributed by atoms with van der Waals surface area (Å²) < 4.78 is 6.10. The van der Waals surface area contributed by atoms with Crippen LogP contribution < -0.4 is 10.1 Å². The number of hydrogen-bond acceptors (Lipinski definition) is 4. The zero-order valence-electron chi connectivity index (χ0n) is 21.8. The van der Waals surface area contributed by atoms with Gasteiger partial charge in [-0.15, -0.1) is 0 Å². The molecular formula is C33H35N3O2. The highest BCUT2D eigenvalue weighted by Crippen LogP contribution is 2.38. The van der Waals surface area contributed by atoms with Crippen LogP contribution in [-0.2, 0) is 17.8 Å². The molecule has 0 aliphatic carbocycles. The Bertz CT molecular complexity index is 1380. The summed E-state index contributed by atoms with van der Waals surface area (Å²) in [6, 6.07) is 31.7. The van der Waals surface area contributed by atoms with E-state index in [1.807, 2.05) is 24.3 Å². The maximum absolute atomic E-state index is 11.8. The lowest BCUT2D eigenvalue weighted by atomic mass is 9.77. The fourth-order valence-corrected chi connectivity index (χ4v) is 6.00. The fourth-order valence-electron chi connectivity index (χ4n) is 6.00. The second kappa shape index (κ2) is 11.0. The zero-order valence-corrected chi connectivity index (χ0v) is 21.8. The van der Waals surface area contributed by atoms with Crippen LogP contribution in [0.1, 0.15) is 42.0 Å². The molecule has 1 N–H and O–H groups in total. The summed E-state index contributed by atoms with van der Waals surface area (Å²) in [4.78, 5) is 19.2. The molecule has 1 aromatic heterocycles. The number of pyridine rings is 1. The standard InChI is InChI=1S/C33H35N3O2/c37-32-21-33(24-34-32)16-18-36(19-17-33)22-28(20-25-6-2-1-3-7-25)26-11-14-30(15-12-26)38-23-29-13-10-27-8-4-5-9-31(27)35-29/h1-15,28H,16-24H2,(H,34,37). The highest BCUT2D eigenvalue weighted by molar-refractivity contribution is 5.79. The van der Waals surface area contributed by atoms with E-state index in [0.717, 1.165) is 67.8 Å². The van der Waals surface area contributed by atoms with Gasteiger partial charge in [0.25, 0.3) is 0 Å². The van der Waals surface area contributed by atoms with Gasteiger partial charge in [-0.25, -0.2) is 4.98 Å². The van der Waals surface area contributed by atoms with E-state index in [1.54, 1.807) is 0 Å². The third-order valence-corrected chi connectivity index (χ3v) is 8.31. The Hall–Kier alpha value is -3.70. The van der Waals surface area contributed by atoms with Crippen molar-refractivity contribution in [2.45, 2.75) is 38.2 Å². The predicted molar refractivity (Wildman–Crippen MR) is 151 cm³/mol. The van der Waals surface area contributed by atoms with Crippen molar-refractivity contribution in [3.8, 4) is 5.75 Å². The summed E-state index contributed by atoms with van der Waals surface area (Å²) in [5.74, 6) is 1.48. The number of nitrogens with one attached hydrogen (secondary N) is 1. The number of amides is 1. The molecule has 2 aliphatic rings. The van der Waals surface area contributed by atoms with Crippen molar-refractivity contribution in [1.82, 2.24) is 15.2 Å². The van der Waals surface area contributed by atoms with E-state index in [0.29, 0.717) is 18.9 Å². The number of aromatic nitrogens is 1. The maximum atomic E-state index is 11.8. The number of rotatable bonds is 8. The van der Waals surface area contributed by atoms with Crippen LogP contribution in [0.15, 0.2) is 91.0 Å². The molecule has 2 fully saturated rings. The number of piperidine rings is 1. The van der Waals surface area contributed by atoms with Crippen LogP contribution in [0.25, 0.3) is 10.9 Å². The monoisotopic (exact) mass is 505 g/mol. The van der Waals surface area contributed by atoms with Crippen molar-refractivity contribution in [3.63, 3.8) is 0 Å². The quantitative estimate of drug-likeness (QED) is 0.332. The van der Waals surface area contributed by atoms with Crippen molar-refractivity contribution in [1.29, 1.82) is 0 Å². The minimum Gasteiger partial charge on any atom is -0.487 e. The van der Waals surface area contributed by atoms with Crippen LogP contribution in [0.2, 0.25) is 0 Å². The van der Waals surface area contributed by atoms with Gasteiger partial charge in [0.2, 0.25) is 5.91 Å². The van der Waals surface area contributed by atoms with Crippen LogP contribution in [0.3, 0.4) is 0 Å². The molecule has 1 atom stereocenters. The van der Waals surface area contributed by atoms with E-state index in [9.17, 15) is 4.79 Å². The molecule has 6 rings (SSSR count). The largest absolute Gasteiger partial charge is 0.487 e. The molecule has 3 heterocycles. The number of carbonyl (C=O) groups excluding carboxylic acids is 1. The normalized spacial score (nSPS) is 17.9. The van der Waals surface area contributed by atoms with Crippen molar-refractivity contribution in [3.05, 3.63) is 108 Å². The highest BCUT2D eigenvalue weighted by atomic mass is 16.5. The Labute approximate surface area is 224 Å². The molecule has 0 bridgehead atoms. The molecule has 1 unspecified atom stereocenters. The molecule has 38 heavy (non-hydrogen) atoms. The minimum atomic E-state index is 0.182. The lowest BCUT2D eigenvalue weighted by molar-refractivity contribution is -0.119. The van der Waals surface area contributed by atoms with Crippen molar-refractivity contribution in [2.75, 3.05) is 26.2 Å². The smallest absolute Gasteiger partial charge is 0.220 e. The maximum Gasteiger partial charge on any atom is 0.220 e. The Balaban J connectivity index is 1.12. The molecule has 0 saturated carbocycles. The summed E-state index contributed by atoms with van der Waals surface area (Å²) in [7, 11) is 0. The van der Waals surface area contributed by atoms with Crippen LogP contribution in [0.5, 0.6) is 5.75 Å². The SMILES string of the molecule is O=C1CC2(CCN(CC(Cc3ccccc3)c3ccc(OCc4ccc5ccccc5n4)cc3)CC2)CN1. The van der Waals surface area contributed by atoms with E-state index in [2.05, 4.69) is 76.9 Å². The summed E-state index contributed by atoms with van der Waals surface area (Å²) in [5.41, 5.74) is 4.80. The molecule has 2 saturated heterocycles.